The van der Waals surface area contributed by atoms with Crippen LogP contribution in [0.5, 0.6) is 0 Å². The molecule has 1 fully saturated rings. The molecule has 0 atom stereocenters. The van der Waals surface area contributed by atoms with Crippen molar-refractivity contribution in [1.82, 2.24) is 14.1 Å². The second kappa shape index (κ2) is 8.41. The highest BCUT2D eigenvalue weighted by molar-refractivity contribution is 7.89. The average Bonchev–Trinajstić information content (AvgIpc) is 3.26. The molecule has 2 heterocycles. The van der Waals surface area contributed by atoms with Gasteiger partial charge in [-0.1, -0.05) is 25.1 Å². The molecule has 8 heteroatoms. The summed E-state index contributed by atoms with van der Waals surface area (Å²) in [4.78, 5) is 12.7. The first-order valence-electron chi connectivity index (χ1n) is 9.96. The first kappa shape index (κ1) is 20.3. The highest BCUT2D eigenvalue weighted by atomic mass is 32.2. The number of amides is 1. The van der Waals surface area contributed by atoms with Gasteiger partial charge in [-0.05, 0) is 61.2 Å². The number of para-hydroxylation sites is 1. The molecular formula is C22H24N4O3S. The number of aromatic nitrogens is 2. The van der Waals surface area contributed by atoms with Gasteiger partial charge in [0.25, 0.3) is 5.91 Å². The standard InChI is InChI=1S/C22H24N4O3S/c1-17-11-14-25(15-12-17)30(28,29)20-9-7-18(8-10-20)23-22(27)21-13-16-26(24-21)19-5-3-2-4-6-19/h2-10,13,16-17H,11-12,14-15H2,1H3,(H,23,27). The number of sulfonamides is 1. The highest BCUT2D eigenvalue weighted by Crippen LogP contribution is 2.24. The molecule has 1 aliphatic rings. The lowest BCUT2D eigenvalue weighted by atomic mass is 10.0. The van der Waals surface area contributed by atoms with Crippen molar-refractivity contribution >= 4 is 21.6 Å². The van der Waals surface area contributed by atoms with Crippen LogP contribution in [0.3, 0.4) is 0 Å². The molecule has 0 aliphatic carbocycles. The summed E-state index contributed by atoms with van der Waals surface area (Å²) in [5.41, 5.74) is 1.65. The van der Waals surface area contributed by atoms with Crippen molar-refractivity contribution in [2.75, 3.05) is 18.4 Å². The maximum Gasteiger partial charge on any atom is 0.276 e. The second-order valence-electron chi connectivity index (χ2n) is 7.55. The van der Waals surface area contributed by atoms with E-state index >= 15 is 0 Å². The summed E-state index contributed by atoms with van der Waals surface area (Å²) in [5, 5.41) is 7.07. The van der Waals surface area contributed by atoms with E-state index in [1.54, 1.807) is 29.1 Å². The number of nitrogens with one attached hydrogen (secondary N) is 1. The Kier molecular flexibility index (Phi) is 5.69. The van der Waals surface area contributed by atoms with Crippen molar-refractivity contribution in [2.45, 2.75) is 24.7 Å². The van der Waals surface area contributed by atoms with Crippen LogP contribution in [0.1, 0.15) is 30.3 Å². The molecule has 0 bridgehead atoms. The van der Waals surface area contributed by atoms with Gasteiger partial charge in [0, 0.05) is 25.0 Å². The Labute approximate surface area is 176 Å². The number of carbonyl (C=O) groups excluding carboxylic acids is 1. The molecule has 0 spiro atoms. The summed E-state index contributed by atoms with van der Waals surface area (Å²) in [5.74, 6) is 0.199. The molecule has 0 unspecified atom stereocenters. The predicted molar refractivity (Wildman–Crippen MR) is 115 cm³/mol. The van der Waals surface area contributed by atoms with Crippen LogP contribution in [-0.4, -0.2) is 41.5 Å². The second-order valence-corrected chi connectivity index (χ2v) is 9.48. The van der Waals surface area contributed by atoms with Crippen molar-refractivity contribution in [3.8, 4) is 5.69 Å². The summed E-state index contributed by atoms with van der Waals surface area (Å²) in [6.45, 7) is 3.24. The number of carbonyl (C=O) groups is 1. The van der Waals surface area contributed by atoms with Gasteiger partial charge in [-0.15, -0.1) is 0 Å². The largest absolute Gasteiger partial charge is 0.321 e. The first-order valence-corrected chi connectivity index (χ1v) is 11.4. The van der Waals surface area contributed by atoms with E-state index < -0.39 is 10.0 Å². The molecule has 1 N–H and O–H groups in total. The lowest BCUT2D eigenvalue weighted by molar-refractivity contribution is 0.102. The molecule has 3 aromatic rings. The van der Waals surface area contributed by atoms with E-state index in [1.165, 1.54) is 16.4 Å². The molecule has 156 valence electrons. The number of hydrogen-bond acceptors (Lipinski definition) is 4. The van der Waals surface area contributed by atoms with E-state index in [-0.39, 0.29) is 16.5 Å². The fraction of sp³-hybridized carbons (Fsp3) is 0.273. The van der Waals surface area contributed by atoms with Crippen LogP contribution in [0.4, 0.5) is 5.69 Å². The number of piperidine rings is 1. The third kappa shape index (κ3) is 4.29. The van der Waals surface area contributed by atoms with Crippen LogP contribution in [0, 0.1) is 5.92 Å². The highest BCUT2D eigenvalue weighted by Gasteiger charge is 2.27. The maximum absolute atomic E-state index is 12.8. The van der Waals surface area contributed by atoms with Gasteiger partial charge >= 0.3 is 0 Å². The Balaban J connectivity index is 1.43. The molecule has 1 amide bonds. The zero-order valence-electron chi connectivity index (χ0n) is 16.7. The van der Waals surface area contributed by atoms with Crippen LogP contribution in [0.15, 0.2) is 71.8 Å². The van der Waals surface area contributed by atoms with Crippen LogP contribution in [0.25, 0.3) is 5.69 Å². The topological polar surface area (TPSA) is 84.3 Å². The van der Waals surface area contributed by atoms with Crippen molar-refractivity contribution in [3.63, 3.8) is 0 Å². The van der Waals surface area contributed by atoms with Gasteiger partial charge in [0.1, 0.15) is 0 Å². The van der Waals surface area contributed by atoms with Gasteiger partial charge in [-0.3, -0.25) is 4.79 Å². The summed E-state index contributed by atoms with van der Waals surface area (Å²) in [6, 6.07) is 17.4. The molecular weight excluding hydrogens is 400 g/mol. The van der Waals surface area contributed by atoms with E-state index in [0.29, 0.717) is 24.7 Å². The normalized spacial score (nSPS) is 15.8. The van der Waals surface area contributed by atoms with Gasteiger partial charge in [-0.2, -0.15) is 9.40 Å². The van der Waals surface area contributed by atoms with E-state index in [4.69, 9.17) is 0 Å². The van der Waals surface area contributed by atoms with E-state index in [9.17, 15) is 13.2 Å². The molecule has 30 heavy (non-hydrogen) atoms. The summed E-state index contributed by atoms with van der Waals surface area (Å²) >= 11 is 0. The van der Waals surface area contributed by atoms with Crippen LogP contribution < -0.4 is 5.32 Å². The average molecular weight is 425 g/mol. The van der Waals surface area contributed by atoms with Crippen molar-refractivity contribution < 1.29 is 13.2 Å². The van der Waals surface area contributed by atoms with E-state index in [1.807, 2.05) is 30.3 Å². The number of anilines is 1. The minimum atomic E-state index is -3.51. The van der Waals surface area contributed by atoms with Crippen molar-refractivity contribution in [2.24, 2.45) is 5.92 Å². The van der Waals surface area contributed by atoms with E-state index in [0.717, 1.165) is 18.5 Å². The summed E-state index contributed by atoms with van der Waals surface area (Å²) < 4.78 is 28.8. The third-order valence-corrected chi connectivity index (χ3v) is 7.25. The molecule has 1 saturated heterocycles. The molecule has 0 saturated carbocycles. The lowest BCUT2D eigenvalue weighted by Crippen LogP contribution is -2.37. The maximum atomic E-state index is 12.8. The molecule has 4 rings (SSSR count). The Hall–Kier alpha value is -2.97. The molecule has 7 nitrogen and oxygen atoms in total. The van der Waals surface area contributed by atoms with Gasteiger partial charge in [-0.25, -0.2) is 13.1 Å². The van der Waals surface area contributed by atoms with Gasteiger partial charge < -0.3 is 5.32 Å². The van der Waals surface area contributed by atoms with Crippen molar-refractivity contribution in [3.05, 3.63) is 72.6 Å². The van der Waals surface area contributed by atoms with E-state index in [2.05, 4.69) is 17.3 Å². The lowest BCUT2D eigenvalue weighted by Gasteiger charge is -2.29. The zero-order valence-corrected chi connectivity index (χ0v) is 17.5. The number of hydrogen-bond donors (Lipinski definition) is 1. The molecule has 2 aromatic carbocycles. The fourth-order valence-electron chi connectivity index (χ4n) is 3.45. The van der Waals surface area contributed by atoms with Gasteiger partial charge in [0.2, 0.25) is 10.0 Å². The molecule has 1 aromatic heterocycles. The van der Waals surface area contributed by atoms with Gasteiger partial charge in [0.05, 0.1) is 10.6 Å². The molecule has 0 radical (unpaired) electrons. The smallest absolute Gasteiger partial charge is 0.276 e. The summed E-state index contributed by atoms with van der Waals surface area (Å²) in [7, 11) is -3.51. The van der Waals surface area contributed by atoms with Crippen LogP contribution >= 0.6 is 0 Å². The van der Waals surface area contributed by atoms with Crippen LogP contribution in [-0.2, 0) is 10.0 Å². The number of rotatable bonds is 5. The molecule has 1 aliphatic heterocycles. The Morgan fingerprint density at radius 2 is 1.67 bits per heavy atom. The SMILES string of the molecule is CC1CCN(S(=O)(=O)c2ccc(NC(=O)c3ccn(-c4ccccc4)n3)cc2)CC1. The Morgan fingerprint density at radius 1 is 1.00 bits per heavy atom. The fourth-order valence-corrected chi connectivity index (χ4v) is 4.92. The third-order valence-electron chi connectivity index (χ3n) is 5.34. The minimum Gasteiger partial charge on any atom is -0.321 e. The zero-order chi connectivity index (χ0) is 21.1. The van der Waals surface area contributed by atoms with Crippen LogP contribution in [0.2, 0.25) is 0 Å². The quantitative estimate of drug-likeness (QED) is 0.679. The van der Waals surface area contributed by atoms with Crippen molar-refractivity contribution in [1.29, 1.82) is 0 Å². The Bertz CT molecular complexity index is 1120. The minimum absolute atomic E-state index is 0.239. The van der Waals surface area contributed by atoms with Gasteiger partial charge in [0.15, 0.2) is 5.69 Å². The predicted octanol–water partition coefficient (Wildman–Crippen LogP) is 3.55. The first-order chi connectivity index (χ1) is 14.4. The Morgan fingerprint density at radius 3 is 2.33 bits per heavy atom. The monoisotopic (exact) mass is 424 g/mol. The number of benzene rings is 2. The summed E-state index contributed by atoms with van der Waals surface area (Å²) in [6.07, 6.45) is 3.48. The number of nitrogens with zero attached hydrogens (tertiary/aromatic N) is 3.